The molecule has 2 amide bonds. The number of nitrogens with one attached hydrogen (secondary N) is 1. The van der Waals surface area contributed by atoms with Gasteiger partial charge in [-0.1, -0.05) is 0 Å². The minimum absolute atomic E-state index is 0.0549. The zero-order valence-corrected chi connectivity index (χ0v) is 13.1. The van der Waals surface area contributed by atoms with E-state index in [-0.39, 0.29) is 29.6 Å². The lowest BCUT2D eigenvalue weighted by Gasteiger charge is -2.24. The first-order valence-corrected chi connectivity index (χ1v) is 7.10. The number of ether oxygens (including phenoxy) is 1. The van der Waals surface area contributed by atoms with Crippen LogP contribution in [0.25, 0.3) is 0 Å². The van der Waals surface area contributed by atoms with Crippen LogP contribution in [0.5, 0.6) is 11.5 Å². The molecule has 0 bridgehead atoms. The highest BCUT2D eigenvalue weighted by molar-refractivity contribution is 5.92. The molecule has 1 N–H and O–H groups in total. The van der Waals surface area contributed by atoms with Crippen LogP contribution in [0.15, 0.2) is 36.5 Å². The van der Waals surface area contributed by atoms with Gasteiger partial charge in [0.2, 0.25) is 0 Å². The van der Waals surface area contributed by atoms with Gasteiger partial charge in [-0.25, -0.2) is 4.39 Å². The molecule has 1 aromatic heterocycles. The average Bonchev–Trinajstić information content (AvgIpc) is 2.56. The van der Waals surface area contributed by atoms with Crippen molar-refractivity contribution in [3.05, 3.63) is 48.0 Å². The summed E-state index contributed by atoms with van der Waals surface area (Å²) in [6.07, 6.45) is -0.103. The third-order valence-corrected chi connectivity index (χ3v) is 3.17. The summed E-state index contributed by atoms with van der Waals surface area (Å²) in [6, 6.07) is 6.68. The molecule has 1 heterocycles. The zero-order valence-electron chi connectivity index (χ0n) is 13.1. The molecular weight excluding hydrogens is 317 g/mol. The number of hydrogen-bond acceptors (Lipinski definition) is 5. The highest BCUT2D eigenvalue weighted by Crippen LogP contribution is 2.27. The second kappa shape index (κ2) is 7.40. The molecule has 0 atom stereocenters. The van der Waals surface area contributed by atoms with Crippen LogP contribution in [0.4, 0.5) is 14.9 Å². The van der Waals surface area contributed by atoms with E-state index in [1.165, 1.54) is 37.5 Å². The standard InChI is InChI=1S/C16H16FN3O4/c1-3-20(16(22)23)14-5-4-10(8-12(14)17)24-11-6-7-19-13(9-11)15(21)18-2/h4-9H,3H2,1-2H3,(H,18,21)(H,22,23)/p-1. The van der Waals surface area contributed by atoms with Gasteiger partial charge in [-0.3, -0.25) is 9.78 Å². The fourth-order valence-electron chi connectivity index (χ4n) is 2.03. The van der Waals surface area contributed by atoms with Gasteiger partial charge in [0.05, 0.1) is 5.69 Å². The number of hydrogen-bond donors (Lipinski definition) is 1. The number of carboxylic acid groups (broad SMARTS) is 1. The molecule has 126 valence electrons. The highest BCUT2D eigenvalue weighted by Gasteiger charge is 2.13. The van der Waals surface area contributed by atoms with Gasteiger partial charge >= 0.3 is 0 Å². The van der Waals surface area contributed by atoms with Crippen molar-refractivity contribution in [3.8, 4) is 11.5 Å². The Kier molecular flexibility index (Phi) is 5.31. The Balaban J connectivity index is 2.24. The fourth-order valence-corrected chi connectivity index (χ4v) is 2.03. The monoisotopic (exact) mass is 332 g/mol. The van der Waals surface area contributed by atoms with Crippen molar-refractivity contribution in [1.29, 1.82) is 0 Å². The lowest BCUT2D eigenvalue weighted by molar-refractivity contribution is -0.246. The number of rotatable bonds is 5. The molecule has 0 spiro atoms. The van der Waals surface area contributed by atoms with Crippen LogP contribution in [0.3, 0.4) is 0 Å². The summed E-state index contributed by atoms with van der Waals surface area (Å²) in [5, 5.41) is 13.4. The number of halogens is 1. The van der Waals surface area contributed by atoms with Crippen molar-refractivity contribution in [3.63, 3.8) is 0 Å². The molecule has 24 heavy (non-hydrogen) atoms. The van der Waals surface area contributed by atoms with Gasteiger partial charge in [-0.2, -0.15) is 0 Å². The lowest BCUT2D eigenvalue weighted by Crippen LogP contribution is -2.41. The quantitative estimate of drug-likeness (QED) is 0.896. The maximum Gasteiger partial charge on any atom is 0.269 e. The number of carbonyl (C=O) groups excluding carboxylic acids is 2. The minimum atomic E-state index is -1.49. The second-order valence-electron chi connectivity index (χ2n) is 4.68. The van der Waals surface area contributed by atoms with Crippen LogP contribution in [-0.4, -0.2) is 30.6 Å². The van der Waals surface area contributed by atoms with Gasteiger partial charge in [0.1, 0.15) is 23.3 Å². The van der Waals surface area contributed by atoms with E-state index >= 15 is 0 Å². The van der Waals surface area contributed by atoms with Crippen LogP contribution in [0.2, 0.25) is 0 Å². The van der Waals surface area contributed by atoms with E-state index < -0.39 is 11.9 Å². The van der Waals surface area contributed by atoms with Crippen LogP contribution in [0, 0.1) is 5.82 Å². The van der Waals surface area contributed by atoms with Gasteiger partial charge in [-0.15, -0.1) is 0 Å². The van der Waals surface area contributed by atoms with Crippen LogP contribution in [0.1, 0.15) is 17.4 Å². The highest BCUT2D eigenvalue weighted by atomic mass is 19.1. The topological polar surface area (TPSA) is 94.6 Å². The number of nitrogens with zero attached hydrogens (tertiary/aromatic N) is 2. The van der Waals surface area contributed by atoms with Crippen molar-refractivity contribution >= 4 is 17.7 Å². The number of amides is 2. The number of carbonyl (C=O) groups is 2. The van der Waals surface area contributed by atoms with Gasteiger partial charge in [0, 0.05) is 31.9 Å². The molecule has 2 rings (SSSR count). The molecular formula is C16H15FN3O4-. The number of aromatic nitrogens is 1. The molecule has 0 saturated heterocycles. The van der Waals surface area contributed by atoms with E-state index in [1.54, 1.807) is 6.92 Å². The third-order valence-electron chi connectivity index (χ3n) is 3.17. The van der Waals surface area contributed by atoms with Crippen LogP contribution in [-0.2, 0) is 0 Å². The molecule has 8 heteroatoms. The van der Waals surface area contributed by atoms with E-state index in [4.69, 9.17) is 4.74 Å². The Morgan fingerprint density at radius 2 is 2.00 bits per heavy atom. The predicted molar refractivity (Wildman–Crippen MR) is 82.5 cm³/mol. The molecule has 1 aromatic carbocycles. The molecule has 0 aliphatic heterocycles. The first-order chi connectivity index (χ1) is 11.5. The molecule has 0 aliphatic carbocycles. The third kappa shape index (κ3) is 3.78. The summed E-state index contributed by atoms with van der Waals surface area (Å²) in [6.45, 7) is 1.62. The van der Waals surface area contributed by atoms with E-state index in [1.807, 2.05) is 0 Å². The van der Waals surface area contributed by atoms with Crippen LogP contribution >= 0.6 is 0 Å². The summed E-state index contributed by atoms with van der Waals surface area (Å²) >= 11 is 0. The van der Waals surface area contributed by atoms with Crippen molar-refractivity contribution in [1.82, 2.24) is 10.3 Å². The van der Waals surface area contributed by atoms with Crippen molar-refractivity contribution < 1.29 is 23.8 Å². The second-order valence-corrected chi connectivity index (χ2v) is 4.68. The Labute approximate surface area is 137 Å². The zero-order chi connectivity index (χ0) is 17.7. The van der Waals surface area contributed by atoms with Gasteiger partial charge < -0.3 is 24.9 Å². The number of pyridine rings is 1. The summed E-state index contributed by atoms with van der Waals surface area (Å²) in [4.78, 5) is 27.2. The van der Waals surface area contributed by atoms with Crippen molar-refractivity contribution in [2.45, 2.75) is 6.92 Å². The summed E-state index contributed by atoms with van der Waals surface area (Å²) in [5.74, 6) is -0.698. The summed E-state index contributed by atoms with van der Waals surface area (Å²) in [7, 11) is 1.47. The average molecular weight is 332 g/mol. The largest absolute Gasteiger partial charge is 0.530 e. The lowest BCUT2D eigenvalue weighted by atomic mass is 10.2. The van der Waals surface area contributed by atoms with Crippen molar-refractivity contribution in [2.24, 2.45) is 0 Å². The molecule has 0 saturated carbocycles. The Morgan fingerprint density at radius 1 is 1.29 bits per heavy atom. The normalized spacial score (nSPS) is 10.1. The van der Waals surface area contributed by atoms with Gasteiger partial charge in [-0.05, 0) is 25.1 Å². The van der Waals surface area contributed by atoms with E-state index in [0.29, 0.717) is 5.75 Å². The molecule has 0 fully saturated rings. The minimum Gasteiger partial charge on any atom is -0.530 e. The molecule has 2 aromatic rings. The summed E-state index contributed by atoms with van der Waals surface area (Å²) in [5.41, 5.74) is 0.0341. The van der Waals surface area contributed by atoms with Crippen molar-refractivity contribution in [2.75, 3.05) is 18.5 Å². The number of benzene rings is 1. The summed E-state index contributed by atoms with van der Waals surface area (Å²) < 4.78 is 19.6. The Morgan fingerprint density at radius 3 is 2.58 bits per heavy atom. The molecule has 7 nitrogen and oxygen atoms in total. The van der Waals surface area contributed by atoms with E-state index in [2.05, 4.69) is 10.3 Å². The van der Waals surface area contributed by atoms with E-state index in [9.17, 15) is 19.1 Å². The van der Waals surface area contributed by atoms with Gasteiger partial charge in [0.25, 0.3) is 5.91 Å². The molecule has 0 radical (unpaired) electrons. The SMILES string of the molecule is CCN(C(=O)[O-])c1ccc(Oc2ccnc(C(=O)NC)c2)cc1F. The maximum atomic E-state index is 14.1. The smallest absolute Gasteiger partial charge is 0.269 e. The first kappa shape index (κ1) is 17.2. The first-order valence-electron chi connectivity index (χ1n) is 7.10. The van der Waals surface area contributed by atoms with Gasteiger partial charge in [0.15, 0.2) is 5.82 Å². The van der Waals surface area contributed by atoms with E-state index in [0.717, 1.165) is 11.0 Å². The Hall–Kier alpha value is -3.16. The molecule has 0 unspecified atom stereocenters. The fraction of sp³-hybridized carbons (Fsp3) is 0.188. The van der Waals surface area contributed by atoms with Crippen LogP contribution < -0.4 is 20.1 Å². The maximum absolute atomic E-state index is 14.1. The number of anilines is 1. The predicted octanol–water partition coefficient (Wildman–Crippen LogP) is 1.54. The Bertz CT molecular complexity index is 767. The molecule has 0 aliphatic rings.